The lowest BCUT2D eigenvalue weighted by molar-refractivity contribution is 0.0997. The summed E-state index contributed by atoms with van der Waals surface area (Å²) < 4.78 is 2.06. The van der Waals surface area contributed by atoms with Crippen LogP contribution in [-0.4, -0.2) is 10.8 Å². The highest BCUT2D eigenvalue weighted by molar-refractivity contribution is 9.11. The third kappa shape index (κ3) is 3.28. The first kappa shape index (κ1) is 14.6. The average molecular weight is 449 g/mol. The molecule has 3 aromatic rings. The molecule has 0 N–H and O–H groups in total. The van der Waals surface area contributed by atoms with E-state index in [0.29, 0.717) is 6.42 Å². The molecule has 7 heteroatoms. The zero-order valence-corrected chi connectivity index (χ0v) is 15.6. The fourth-order valence-corrected chi connectivity index (χ4v) is 5.18. The molecule has 20 heavy (non-hydrogen) atoms. The van der Waals surface area contributed by atoms with Crippen LogP contribution >= 0.6 is 65.9 Å². The van der Waals surface area contributed by atoms with Gasteiger partial charge in [0, 0.05) is 5.38 Å². The Balaban J connectivity index is 1.76. The van der Waals surface area contributed by atoms with E-state index in [0.717, 1.165) is 28.0 Å². The Morgan fingerprint density at radius 2 is 1.85 bits per heavy atom. The van der Waals surface area contributed by atoms with Gasteiger partial charge in [-0.1, -0.05) is 0 Å². The van der Waals surface area contributed by atoms with Crippen LogP contribution in [0.3, 0.4) is 0 Å². The van der Waals surface area contributed by atoms with Gasteiger partial charge in [-0.05, 0) is 56.1 Å². The quantitative estimate of drug-likeness (QED) is 0.466. The third-order valence-electron chi connectivity index (χ3n) is 2.54. The predicted octanol–water partition coefficient (Wildman–Crippen LogP) is 5.88. The van der Waals surface area contributed by atoms with Gasteiger partial charge in [0.05, 0.1) is 29.4 Å². The molecule has 3 rings (SSSR count). The Morgan fingerprint density at radius 1 is 1.10 bits per heavy atom. The van der Waals surface area contributed by atoms with Gasteiger partial charge in [-0.15, -0.1) is 34.0 Å². The number of halogens is 2. The van der Waals surface area contributed by atoms with E-state index in [1.807, 2.05) is 29.6 Å². The number of nitrogens with zero attached hydrogens (tertiary/aromatic N) is 1. The largest absolute Gasteiger partial charge is 0.293 e. The standard InChI is InChI=1S/C13H7Br2NOS3/c14-11-3-1-9(19-11)7-6-18-13(16-7)5-8(17)10-2-4-12(15)20-10/h1-4,6H,5H2. The SMILES string of the molecule is O=C(Cc1nc(-c2ccc(Br)s2)cs1)c1ccc(Br)s1. The zero-order chi connectivity index (χ0) is 14.1. The van der Waals surface area contributed by atoms with Gasteiger partial charge in [-0.25, -0.2) is 4.98 Å². The molecule has 0 saturated heterocycles. The summed E-state index contributed by atoms with van der Waals surface area (Å²) in [5.41, 5.74) is 0.945. The molecule has 102 valence electrons. The van der Waals surface area contributed by atoms with Gasteiger partial charge < -0.3 is 0 Å². The second kappa shape index (κ2) is 6.19. The maximum Gasteiger partial charge on any atom is 0.179 e. The lowest BCUT2D eigenvalue weighted by atomic mass is 10.2. The summed E-state index contributed by atoms with van der Waals surface area (Å²) in [6.07, 6.45) is 0.365. The molecule has 0 aliphatic carbocycles. The van der Waals surface area contributed by atoms with Crippen molar-refractivity contribution >= 4 is 71.7 Å². The van der Waals surface area contributed by atoms with Crippen LogP contribution in [0.5, 0.6) is 0 Å². The minimum atomic E-state index is 0.119. The number of Topliss-reactive ketones (excluding diaryl/α,β-unsaturated/α-hetero) is 1. The third-order valence-corrected chi connectivity index (χ3v) is 6.70. The molecule has 0 atom stereocenters. The fourth-order valence-electron chi connectivity index (χ4n) is 1.65. The molecule has 0 fully saturated rings. The molecule has 3 heterocycles. The molecular weight excluding hydrogens is 442 g/mol. The zero-order valence-electron chi connectivity index (χ0n) is 9.93. The van der Waals surface area contributed by atoms with Crippen LogP contribution in [0.2, 0.25) is 0 Å². The van der Waals surface area contributed by atoms with Gasteiger partial charge in [-0.2, -0.15) is 0 Å². The molecule has 0 aliphatic rings. The Hall–Kier alpha value is -0.340. The first-order valence-electron chi connectivity index (χ1n) is 5.60. The van der Waals surface area contributed by atoms with E-state index in [4.69, 9.17) is 0 Å². The molecule has 0 spiro atoms. The number of carbonyl (C=O) groups is 1. The van der Waals surface area contributed by atoms with E-state index in [9.17, 15) is 4.79 Å². The smallest absolute Gasteiger partial charge is 0.179 e. The van der Waals surface area contributed by atoms with Gasteiger partial charge in [0.25, 0.3) is 0 Å². The lowest BCUT2D eigenvalue weighted by Gasteiger charge is -1.93. The highest BCUT2D eigenvalue weighted by atomic mass is 79.9. The number of hydrogen-bond acceptors (Lipinski definition) is 5. The Bertz CT molecular complexity index is 759. The highest BCUT2D eigenvalue weighted by Gasteiger charge is 2.13. The summed E-state index contributed by atoms with van der Waals surface area (Å²) in [5, 5.41) is 2.87. The van der Waals surface area contributed by atoms with Crippen molar-refractivity contribution in [2.75, 3.05) is 0 Å². The summed E-state index contributed by atoms with van der Waals surface area (Å²) in [4.78, 5) is 18.6. The monoisotopic (exact) mass is 447 g/mol. The van der Waals surface area contributed by atoms with Crippen molar-refractivity contribution in [1.82, 2.24) is 4.98 Å². The van der Waals surface area contributed by atoms with E-state index < -0.39 is 0 Å². The predicted molar refractivity (Wildman–Crippen MR) is 93.2 cm³/mol. The molecule has 2 nitrogen and oxygen atoms in total. The van der Waals surface area contributed by atoms with Crippen LogP contribution in [0.1, 0.15) is 14.7 Å². The number of thiophene rings is 2. The number of rotatable bonds is 4. The molecule has 0 unspecified atom stereocenters. The normalized spacial score (nSPS) is 10.9. The van der Waals surface area contributed by atoms with Gasteiger partial charge in [0.2, 0.25) is 0 Å². The van der Waals surface area contributed by atoms with E-state index in [1.54, 1.807) is 11.3 Å². The molecule has 0 bridgehead atoms. The van der Waals surface area contributed by atoms with E-state index in [1.165, 1.54) is 22.7 Å². The molecule has 0 aromatic carbocycles. The van der Waals surface area contributed by atoms with Gasteiger partial charge in [0.15, 0.2) is 5.78 Å². The topological polar surface area (TPSA) is 30.0 Å². The second-order valence-electron chi connectivity index (χ2n) is 3.93. The summed E-state index contributed by atoms with van der Waals surface area (Å²) in [7, 11) is 0. The summed E-state index contributed by atoms with van der Waals surface area (Å²) >= 11 is 11.5. The summed E-state index contributed by atoms with van der Waals surface area (Å²) in [5.74, 6) is 0.119. The van der Waals surface area contributed by atoms with Gasteiger partial charge >= 0.3 is 0 Å². The first-order chi connectivity index (χ1) is 9.61. The van der Waals surface area contributed by atoms with Crippen LogP contribution in [0, 0.1) is 0 Å². The molecule has 0 amide bonds. The number of hydrogen-bond donors (Lipinski definition) is 0. The van der Waals surface area contributed by atoms with Crippen LogP contribution in [0.15, 0.2) is 37.2 Å². The van der Waals surface area contributed by atoms with Crippen molar-refractivity contribution in [2.45, 2.75) is 6.42 Å². The Morgan fingerprint density at radius 3 is 2.50 bits per heavy atom. The molecule has 0 aliphatic heterocycles. The van der Waals surface area contributed by atoms with Crippen molar-refractivity contribution in [1.29, 1.82) is 0 Å². The number of thiazole rings is 1. The van der Waals surface area contributed by atoms with Crippen molar-refractivity contribution in [3.05, 3.63) is 47.1 Å². The van der Waals surface area contributed by atoms with E-state index >= 15 is 0 Å². The number of aromatic nitrogens is 1. The van der Waals surface area contributed by atoms with Crippen LogP contribution in [0.25, 0.3) is 10.6 Å². The molecule has 0 saturated carbocycles. The maximum absolute atomic E-state index is 12.1. The Labute approximate surface area is 144 Å². The van der Waals surface area contributed by atoms with Crippen molar-refractivity contribution < 1.29 is 4.79 Å². The Kier molecular flexibility index (Phi) is 4.52. The second-order valence-corrected chi connectivity index (χ2v) is 9.80. The van der Waals surface area contributed by atoms with Gasteiger partial charge in [-0.3, -0.25) is 4.79 Å². The van der Waals surface area contributed by atoms with Crippen LogP contribution in [0.4, 0.5) is 0 Å². The van der Waals surface area contributed by atoms with Crippen molar-refractivity contribution in [3.63, 3.8) is 0 Å². The van der Waals surface area contributed by atoms with Crippen LogP contribution in [-0.2, 0) is 6.42 Å². The molecule has 3 aromatic heterocycles. The molecule has 0 radical (unpaired) electrons. The lowest BCUT2D eigenvalue weighted by Crippen LogP contribution is -2.00. The molecular formula is C13H7Br2NOS3. The highest BCUT2D eigenvalue weighted by Crippen LogP contribution is 2.32. The minimum Gasteiger partial charge on any atom is -0.293 e. The summed E-state index contributed by atoms with van der Waals surface area (Å²) in [6, 6.07) is 7.79. The van der Waals surface area contributed by atoms with Crippen LogP contribution < -0.4 is 0 Å². The average Bonchev–Trinajstić information content (AvgIpc) is 3.10. The summed E-state index contributed by atoms with van der Waals surface area (Å²) in [6.45, 7) is 0. The maximum atomic E-state index is 12.1. The number of carbonyl (C=O) groups excluding carboxylic acids is 1. The van der Waals surface area contributed by atoms with Crippen molar-refractivity contribution in [2.24, 2.45) is 0 Å². The van der Waals surface area contributed by atoms with E-state index in [-0.39, 0.29) is 5.78 Å². The first-order valence-corrected chi connectivity index (χ1v) is 9.70. The number of ketones is 1. The fraction of sp³-hybridized carbons (Fsp3) is 0.0769. The van der Waals surface area contributed by atoms with E-state index in [2.05, 4.69) is 36.8 Å². The minimum absolute atomic E-state index is 0.119. The van der Waals surface area contributed by atoms with Gasteiger partial charge in [0.1, 0.15) is 5.01 Å². The van der Waals surface area contributed by atoms with Crippen molar-refractivity contribution in [3.8, 4) is 10.6 Å².